The van der Waals surface area contributed by atoms with E-state index in [1.807, 2.05) is 13.8 Å². The predicted octanol–water partition coefficient (Wildman–Crippen LogP) is 2.41. The first-order chi connectivity index (χ1) is 12.9. The number of hydrogen-bond donors (Lipinski definition) is 3. The van der Waals surface area contributed by atoms with Crippen molar-refractivity contribution >= 4 is 35.1 Å². The number of ketones is 1. The molecule has 164 valence electrons. The fourth-order valence-electron chi connectivity index (χ4n) is 1.87. The average Bonchev–Trinajstić information content (AvgIpc) is 2.57. The van der Waals surface area contributed by atoms with Gasteiger partial charge in [0.25, 0.3) is 0 Å². The van der Waals surface area contributed by atoms with Crippen LogP contribution in [-0.4, -0.2) is 48.0 Å². The van der Waals surface area contributed by atoms with E-state index in [4.69, 9.17) is 11.6 Å². The van der Waals surface area contributed by atoms with Crippen LogP contribution in [0.15, 0.2) is 0 Å². The van der Waals surface area contributed by atoms with Gasteiger partial charge in [-0.05, 0) is 38.5 Å². The number of carbonyl (C=O) groups excluding carboxylic acids is 4. The molecule has 0 saturated heterocycles. The van der Waals surface area contributed by atoms with Crippen molar-refractivity contribution in [2.75, 3.05) is 12.4 Å². The van der Waals surface area contributed by atoms with Gasteiger partial charge in [-0.1, -0.05) is 34.6 Å². The fourth-order valence-corrected chi connectivity index (χ4v) is 1.97. The van der Waals surface area contributed by atoms with Crippen LogP contribution in [0.3, 0.4) is 0 Å². The van der Waals surface area contributed by atoms with Crippen molar-refractivity contribution in [3.8, 4) is 0 Å². The van der Waals surface area contributed by atoms with Crippen LogP contribution in [0, 0.1) is 11.8 Å². The number of alkyl halides is 1. The van der Waals surface area contributed by atoms with Crippen LogP contribution < -0.4 is 16.0 Å². The Morgan fingerprint density at radius 3 is 1.82 bits per heavy atom. The standard InChI is InChI=1S/C16H28ClN3O4.C4H10/c1-10(2)15(16(24)19-11(3)12(4)21)20-13(22)7-5-6-8-18-14(23)9-17;1-4(2)3/h10-11,15H,5-9H2,1-4H3,(H,18,23)(H,19,24)(H,20,22);4H,1-3H3/t11-,15?;/m0./s1. The molecule has 0 fully saturated rings. The molecular weight excluding hydrogens is 382 g/mol. The summed E-state index contributed by atoms with van der Waals surface area (Å²) in [5.74, 6) is -0.326. The second-order valence-corrected chi connectivity index (χ2v) is 8.07. The number of rotatable bonds is 11. The number of unbranched alkanes of at least 4 members (excludes halogenated alkanes) is 1. The van der Waals surface area contributed by atoms with Crippen LogP contribution in [0.2, 0.25) is 0 Å². The summed E-state index contributed by atoms with van der Waals surface area (Å²) in [7, 11) is 0. The predicted molar refractivity (Wildman–Crippen MR) is 113 cm³/mol. The lowest BCUT2D eigenvalue weighted by molar-refractivity contribution is -0.132. The first kappa shape index (κ1) is 28.6. The Morgan fingerprint density at radius 2 is 1.39 bits per heavy atom. The summed E-state index contributed by atoms with van der Waals surface area (Å²) < 4.78 is 0. The van der Waals surface area contributed by atoms with Crippen molar-refractivity contribution in [1.29, 1.82) is 0 Å². The zero-order valence-electron chi connectivity index (χ0n) is 18.4. The van der Waals surface area contributed by atoms with Crippen LogP contribution in [0.4, 0.5) is 0 Å². The Bertz CT molecular complexity index is 493. The molecule has 8 heteroatoms. The van der Waals surface area contributed by atoms with Crippen LogP contribution >= 0.6 is 11.6 Å². The molecule has 0 aliphatic rings. The first-order valence-corrected chi connectivity index (χ1v) is 10.4. The molecule has 3 amide bonds. The molecule has 0 saturated carbocycles. The van der Waals surface area contributed by atoms with Gasteiger partial charge < -0.3 is 16.0 Å². The molecule has 0 aromatic rings. The Kier molecular flexibility index (Phi) is 16.7. The maximum Gasteiger partial charge on any atom is 0.243 e. The van der Waals surface area contributed by atoms with Gasteiger partial charge in [-0.25, -0.2) is 0 Å². The molecule has 0 radical (unpaired) electrons. The molecule has 1 unspecified atom stereocenters. The summed E-state index contributed by atoms with van der Waals surface area (Å²) in [5.41, 5.74) is 0. The molecule has 0 aliphatic heterocycles. The number of carbonyl (C=O) groups is 4. The number of Topliss-reactive ketones (excluding diaryl/α,β-unsaturated/α-hetero) is 1. The maximum atomic E-state index is 12.2. The van der Waals surface area contributed by atoms with Crippen LogP contribution in [-0.2, 0) is 19.2 Å². The van der Waals surface area contributed by atoms with Gasteiger partial charge in [0.05, 0.1) is 6.04 Å². The second kappa shape index (κ2) is 16.3. The second-order valence-electron chi connectivity index (χ2n) is 7.80. The summed E-state index contributed by atoms with van der Waals surface area (Å²) in [6, 6.07) is -1.27. The average molecular weight is 420 g/mol. The number of amides is 3. The van der Waals surface area contributed by atoms with Crippen LogP contribution in [0.5, 0.6) is 0 Å². The molecule has 0 aliphatic carbocycles. The SMILES string of the molecule is CC(=O)[C@H](C)NC(=O)C(NC(=O)CCCCNC(=O)CCl)C(C)C.CC(C)C. The molecule has 0 bridgehead atoms. The van der Waals surface area contributed by atoms with E-state index in [0.717, 1.165) is 5.92 Å². The smallest absolute Gasteiger partial charge is 0.243 e. The van der Waals surface area contributed by atoms with E-state index in [1.54, 1.807) is 6.92 Å². The van der Waals surface area contributed by atoms with E-state index in [9.17, 15) is 19.2 Å². The number of hydrogen-bond acceptors (Lipinski definition) is 4. The summed E-state index contributed by atoms with van der Waals surface area (Å²) in [4.78, 5) is 46.3. The highest BCUT2D eigenvalue weighted by Crippen LogP contribution is 2.04. The molecule has 0 aromatic heterocycles. The van der Waals surface area contributed by atoms with Gasteiger partial charge in [-0.15, -0.1) is 11.6 Å². The molecule has 0 rings (SSSR count). The van der Waals surface area contributed by atoms with Crippen molar-refractivity contribution in [2.45, 2.75) is 79.8 Å². The van der Waals surface area contributed by atoms with Crippen molar-refractivity contribution in [3.05, 3.63) is 0 Å². The van der Waals surface area contributed by atoms with Gasteiger partial charge in [-0.3, -0.25) is 19.2 Å². The Labute approximate surface area is 174 Å². The van der Waals surface area contributed by atoms with E-state index in [0.29, 0.717) is 19.4 Å². The summed E-state index contributed by atoms with van der Waals surface area (Å²) in [6.07, 6.45) is 1.50. The molecule has 7 nitrogen and oxygen atoms in total. The van der Waals surface area contributed by atoms with E-state index in [1.165, 1.54) is 6.92 Å². The number of halogens is 1. The minimum absolute atomic E-state index is 0.0790. The zero-order chi connectivity index (χ0) is 22.3. The van der Waals surface area contributed by atoms with Crippen LogP contribution in [0.1, 0.15) is 67.7 Å². The molecule has 28 heavy (non-hydrogen) atoms. The van der Waals surface area contributed by atoms with E-state index >= 15 is 0 Å². The van der Waals surface area contributed by atoms with E-state index in [2.05, 4.69) is 36.7 Å². The van der Waals surface area contributed by atoms with Crippen molar-refractivity contribution < 1.29 is 19.2 Å². The third kappa shape index (κ3) is 16.5. The fraction of sp³-hybridized carbons (Fsp3) is 0.800. The topological polar surface area (TPSA) is 104 Å². The largest absolute Gasteiger partial charge is 0.355 e. The molecule has 0 aromatic carbocycles. The maximum absolute atomic E-state index is 12.2. The highest BCUT2D eigenvalue weighted by atomic mass is 35.5. The van der Waals surface area contributed by atoms with Gasteiger partial charge in [-0.2, -0.15) is 0 Å². The minimum atomic E-state index is -0.685. The molecule has 0 heterocycles. The highest BCUT2D eigenvalue weighted by Gasteiger charge is 2.25. The van der Waals surface area contributed by atoms with Crippen molar-refractivity contribution in [2.24, 2.45) is 11.8 Å². The lowest BCUT2D eigenvalue weighted by Gasteiger charge is -2.23. The molecular formula is C20H38ClN3O4. The normalized spacial score (nSPS) is 12.5. The van der Waals surface area contributed by atoms with Gasteiger partial charge >= 0.3 is 0 Å². The van der Waals surface area contributed by atoms with Gasteiger partial charge in [0, 0.05) is 13.0 Å². The molecule has 3 N–H and O–H groups in total. The Hall–Kier alpha value is -1.63. The van der Waals surface area contributed by atoms with Crippen molar-refractivity contribution in [1.82, 2.24) is 16.0 Å². The Morgan fingerprint density at radius 1 is 0.857 bits per heavy atom. The van der Waals surface area contributed by atoms with Gasteiger partial charge in [0.15, 0.2) is 5.78 Å². The van der Waals surface area contributed by atoms with Gasteiger partial charge in [0.1, 0.15) is 11.9 Å². The Balaban J connectivity index is 0. The minimum Gasteiger partial charge on any atom is -0.355 e. The third-order valence-electron chi connectivity index (χ3n) is 3.51. The third-order valence-corrected chi connectivity index (χ3v) is 3.75. The number of nitrogens with one attached hydrogen (secondary N) is 3. The van der Waals surface area contributed by atoms with E-state index < -0.39 is 12.1 Å². The monoisotopic (exact) mass is 419 g/mol. The van der Waals surface area contributed by atoms with Crippen molar-refractivity contribution in [3.63, 3.8) is 0 Å². The quantitative estimate of drug-likeness (QED) is 0.353. The molecule has 2 atom stereocenters. The van der Waals surface area contributed by atoms with Gasteiger partial charge in [0.2, 0.25) is 17.7 Å². The zero-order valence-corrected chi connectivity index (χ0v) is 19.1. The summed E-state index contributed by atoms with van der Waals surface area (Å²) in [6.45, 7) is 13.6. The lowest BCUT2D eigenvalue weighted by Crippen LogP contribution is -2.52. The summed E-state index contributed by atoms with van der Waals surface area (Å²) >= 11 is 5.35. The lowest BCUT2D eigenvalue weighted by atomic mass is 10.0. The summed E-state index contributed by atoms with van der Waals surface area (Å²) in [5, 5.41) is 7.92. The van der Waals surface area contributed by atoms with E-state index in [-0.39, 0.29) is 41.7 Å². The highest BCUT2D eigenvalue weighted by molar-refractivity contribution is 6.27. The first-order valence-electron chi connectivity index (χ1n) is 9.85. The molecule has 0 spiro atoms. The van der Waals surface area contributed by atoms with Crippen LogP contribution in [0.25, 0.3) is 0 Å².